The number of anilines is 5. The fourth-order valence-electron chi connectivity index (χ4n) is 15.8. The van der Waals surface area contributed by atoms with Gasteiger partial charge in [0.15, 0.2) is 0 Å². The van der Waals surface area contributed by atoms with Crippen molar-refractivity contribution in [1.29, 1.82) is 0 Å². The molecular formula is C87H79N3. The van der Waals surface area contributed by atoms with E-state index in [0.29, 0.717) is 0 Å². The number of rotatable bonds is 7. The molecule has 1 atom stereocenters. The lowest BCUT2D eigenvalue weighted by atomic mass is 9.69. The minimum Gasteiger partial charge on any atom is -0.314 e. The predicted octanol–water partition coefficient (Wildman–Crippen LogP) is 23.5. The molecule has 0 saturated carbocycles. The lowest BCUT2D eigenvalue weighted by Crippen LogP contribution is -2.26. The molecule has 0 bridgehead atoms. The van der Waals surface area contributed by atoms with Crippen LogP contribution in [0.2, 0.25) is 0 Å². The van der Waals surface area contributed by atoms with Crippen molar-refractivity contribution in [2.45, 2.75) is 117 Å². The Balaban J connectivity index is 0.940. The third-order valence-corrected chi connectivity index (χ3v) is 20.5. The quantitative estimate of drug-likeness (QED) is 0.157. The van der Waals surface area contributed by atoms with Crippen molar-refractivity contribution in [2.24, 2.45) is 5.92 Å². The lowest BCUT2D eigenvalue weighted by molar-refractivity contribution is 0.590. The van der Waals surface area contributed by atoms with E-state index in [9.17, 15) is 0 Å². The Morgan fingerprint density at radius 3 is 1.41 bits per heavy atom. The molecule has 1 spiro atoms. The number of benzene rings is 10. The van der Waals surface area contributed by atoms with Gasteiger partial charge in [-0.1, -0.05) is 247 Å². The normalized spacial score (nSPS) is 15.9. The first-order valence-electron chi connectivity index (χ1n) is 32.6. The topological polar surface area (TPSA) is 10.9 Å². The van der Waals surface area contributed by atoms with Crippen molar-refractivity contribution in [1.82, 2.24) is 4.40 Å². The Morgan fingerprint density at radius 1 is 0.389 bits per heavy atom. The zero-order valence-corrected chi connectivity index (χ0v) is 54.2. The summed E-state index contributed by atoms with van der Waals surface area (Å²) >= 11 is 0. The van der Waals surface area contributed by atoms with E-state index >= 15 is 0 Å². The standard InChI is InChI=1S/C87H79N3/c1-83(2,3)57-31-40-61(41-32-57)88(62-42-33-58(34-43-62)84(4,5)6)65-39-30-54-50-56(29-28-55(54)51-65)73-53-77-80(82-79(73)72-24-19-23-70-69-22-15-18-27-78(69)90(82)81(70)72)71-49-48-66(52-76(71)87(77)74-25-16-13-20-67(74)68-21-14-17-26-75(68)87)89(63-44-35-59(36-45-63)85(7,8)9)64-46-37-60(38-47-64)86(10,11)12/h13-50,52-53,55H,51H2,1-12H3. The van der Waals surface area contributed by atoms with E-state index in [1.165, 1.54) is 139 Å². The minimum absolute atomic E-state index is 0.0165. The Labute approximate surface area is 532 Å². The van der Waals surface area contributed by atoms with Crippen LogP contribution in [0.5, 0.6) is 0 Å². The van der Waals surface area contributed by atoms with Crippen molar-refractivity contribution in [3.63, 3.8) is 0 Å². The molecule has 2 heterocycles. The van der Waals surface area contributed by atoms with Gasteiger partial charge < -0.3 is 14.2 Å². The van der Waals surface area contributed by atoms with Gasteiger partial charge in [-0.2, -0.15) is 0 Å². The van der Waals surface area contributed by atoms with Crippen molar-refractivity contribution >= 4 is 72.1 Å². The van der Waals surface area contributed by atoms with Crippen LogP contribution in [0, 0.1) is 5.92 Å². The largest absolute Gasteiger partial charge is 0.314 e. The summed E-state index contributed by atoms with van der Waals surface area (Å²) in [5.41, 5.74) is 29.9. The zero-order valence-electron chi connectivity index (χ0n) is 54.2. The van der Waals surface area contributed by atoms with Gasteiger partial charge in [-0.15, -0.1) is 0 Å². The summed E-state index contributed by atoms with van der Waals surface area (Å²) in [5.74, 6) is 0.197. The van der Waals surface area contributed by atoms with Gasteiger partial charge in [0.2, 0.25) is 0 Å². The fourth-order valence-corrected chi connectivity index (χ4v) is 15.8. The number of hydrogen-bond acceptors (Lipinski definition) is 2. The van der Waals surface area contributed by atoms with Crippen molar-refractivity contribution in [2.75, 3.05) is 9.80 Å². The Kier molecular flexibility index (Phi) is 12.3. The van der Waals surface area contributed by atoms with Gasteiger partial charge in [0.1, 0.15) is 0 Å². The number of para-hydroxylation sites is 2. The van der Waals surface area contributed by atoms with Crippen LogP contribution in [0.3, 0.4) is 0 Å². The summed E-state index contributed by atoms with van der Waals surface area (Å²) in [7, 11) is 0. The highest BCUT2D eigenvalue weighted by Crippen LogP contribution is 2.66. The van der Waals surface area contributed by atoms with Gasteiger partial charge in [-0.3, -0.25) is 0 Å². The molecule has 0 aliphatic heterocycles. The van der Waals surface area contributed by atoms with E-state index < -0.39 is 5.41 Å². The first-order valence-corrected chi connectivity index (χ1v) is 32.6. The molecule has 10 aromatic carbocycles. The van der Waals surface area contributed by atoms with Crippen molar-refractivity contribution in [3.05, 3.63) is 304 Å². The molecule has 1 unspecified atom stereocenters. The Hall–Kier alpha value is -9.44. The molecule has 442 valence electrons. The van der Waals surface area contributed by atoms with E-state index in [0.717, 1.165) is 23.5 Å². The van der Waals surface area contributed by atoms with Crippen LogP contribution in [0.25, 0.3) is 65.9 Å². The second-order valence-electron chi connectivity index (χ2n) is 30.1. The van der Waals surface area contributed by atoms with Gasteiger partial charge >= 0.3 is 0 Å². The van der Waals surface area contributed by atoms with Gasteiger partial charge in [-0.05, 0) is 185 Å². The second kappa shape index (κ2) is 19.8. The number of allylic oxidation sites excluding steroid dienone is 8. The number of fused-ring (bicyclic) bond motifs is 18. The van der Waals surface area contributed by atoms with Crippen LogP contribution in [-0.4, -0.2) is 4.40 Å². The van der Waals surface area contributed by atoms with Gasteiger partial charge in [0.05, 0.1) is 22.0 Å². The summed E-state index contributed by atoms with van der Waals surface area (Å²) in [6, 6.07) is 82.0. The zero-order chi connectivity index (χ0) is 62.0. The lowest BCUT2D eigenvalue weighted by Gasteiger charge is -2.34. The molecule has 0 saturated heterocycles. The Bertz CT molecular complexity index is 4870. The Morgan fingerprint density at radius 2 is 0.867 bits per heavy atom. The molecule has 90 heavy (non-hydrogen) atoms. The maximum atomic E-state index is 2.66. The monoisotopic (exact) mass is 1170 g/mol. The summed E-state index contributed by atoms with van der Waals surface area (Å²) in [4.78, 5) is 4.99. The SMILES string of the molecule is CC(C)(C)c1ccc(N(C2=CC=C3C=C(c4cc5c(c6c4c4cccc7c8ccccc8n6c74)-c4ccc(N(c6ccc(C(C)(C)C)cc6)c6ccc(C(C)(C)C)cc6)cc4C54c5ccccc5-c5ccccc54)C=CC3C2)c2ccc(C(C)(C)C)cc2)cc1. The molecular weight excluding hydrogens is 1090 g/mol. The highest BCUT2D eigenvalue weighted by atomic mass is 15.2. The summed E-state index contributed by atoms with van der Waals surface area (Å²) in [5, 5.41) is 5.16. The van der Waals surface area contributed by atoms with E-state index in [1.54, 1.807) is 0 Å². The summed E-state index contributed by atoms with van der Waals surface area (Å²) in [6.07, 6.45) is 13.2. The summed E-state index contributed by atoms with van der Waals surface area (Å²) in [6.45, 7) is 27.6. The predicted molar refractivity (Wildman–Crippen MR) is 383 cm³/mol. The van der Waals surface area contributed by atoms with Crippen LogP contribution in [0.15, 0.2) is 254 Å². The van der Waals surface area contributed by atoms with Crippen LogP contribution < -0.4 is 9.80 Å². The molecule has 3 nitrogen and oxygen atoms in total. The smallest absolute Gasteiger partial charge is 0.0727 e. The van der Waals surface area contributed by atoms with Crippen LogP contribution in [0.1, 0.15) is 140 Å². The molecule has 0 N–H and O–H groups in total. The third-order valence-electron chi connectivity index (χ3n) is 20.5. The third kappa shape index (κ3) is 8.44. The highest BCUT2D eigenvalue weighted by molar-refractivity contribution is 6.28. The number of nitrogens with zero attached hydrogens (tertiary/aromatic N) is 3. The van der Waals surface area contributed by atoms with Gasteiger partial charge in [0, 0.05) is 67.2 Å². The van der Waals surface area contributed by atoms with Gasteiger partial charge in [0.25, 0.3) is 0 Å². The maximum Gasteiger partial charge on any atom is 0.0727 e. The van der Waals surface area contributed by atoms with Crippen molar-refractivity contribution < 1.29 is 0 Å². The van der Waals surface area contributed by atoms with Crippen LogP contribution in [-0.2, 0) is 27.1 Å². The van der Waals surface area contributed by atoms with E-state index in [4.69, 9.17) is 0 Å². The van der Waals surface area contributed by atoms with E-state index in [-0.39, 0.29) is 27.6 Å². The molecule has 16 rings (SSSR count). The fraction of sp³-hybridized carbons (Fsp3) is 0.218. The first-order chi connectivity index (χ1) is 43.2. The second-order valence-corrected chi connectivity index (χ2v) is 30.1. The molecule has 4 aliphatic rings. The molecule has 4 aliphatic carbocycles. The van der Waals surface area contributed by atoms with Crippen molar-refractivity contribution in [3.8, 4) is 22.3 Å². The number of hydrogen-bond donors (Lipinski definition) is 0. The molecule has 2 aromatic heterocycles. The van der Waals surface area contributed by atoms with E-state index in [1.807, 2.05) is 0 Å². The highest BCUT2D eigenvalue weighted by Gasteiger charge is 2.53. The van der Waals surface area contributed by atoms with E-state index in [2.05, 4.69) is 340 Å². The van der Waals surface area contributed by atoms with Gasteiger partial charge in [-0.25, -0.2) is 0 Å². The molecule has 0 amide bonds. The van der Waals surface area contributed by atoms with Crippen LogP contribution >= 0.6 is 0 Å². The molecule has 3 heteroatoms. The molecule has 0 fully saturated rings. The van der Waals surface area contributed by atoms with Crippen LogP contribution in [0.4, 0.5) is 28.4 Å². The minimum atomic E-state index is -0.658. The average Bonchev–Trinajstić information content (AvgIpc) is 1.49. The molecule has 12 aromatic rings. The average molecular weight is 1170 g/mol. The summed E-state index contributed by atoms with van der Waals surface area (Å²) < 4.78 is 2.66. The maximum absolute atomic E-state index is 2.66. The molecule has 0 radical (unpaired) electrons. The number of aromatic nitrogens is 1. The first kappa shape index (κ1) is 55.8.